The van der Waals surface area contributed by atoms with Gasteiger partial charge in [-0.1, -0.05) is 18.2 Å². The lowest BCUT2D eigenvalue weighted by molar-refractivity contribution is -0.274. The fourth-order valence-electron chi connectivity index (χ4n) is 1.46. The molecule has 0 fully saturated rings. The van der Waals surface area contributed by atoms with Crippen LogP contribution in [-0.2, 0) is 11.3 Å². The summed E-state index contributed by atoms with van der Waals surface area (Å²) >= 11 is 0. The summed E-state index contributed by atoms with van der Waals surface area (Å²) in [6.45, 7) is 0.596. The van der Waals surface area contributed by atoms with Gasteiger partial charge in [0.15, 0.2) is 0 Å². The SMILES string of the molecule is O=C(O)CCCNCc1ccccc1OC(F)(F)F. The molecule has 0 aliphatic carbocycles. The van der Waals surface area contributed by atoms with E-state index >= 15 is 0 Å². The first kappa shape index (κ1) is 15.3. The van der Waals surface area contributed by atoms with Crippen LogP contribution < -0.4 is 10.1 Å². The number of alkyl halides is 3. The molecule has 4 nitrogen and oxygen atoms in total. The highest BCUT2D eigenvalue weighted by Crippen LogP contribution is 2.25. The molecule has 106 valence electrons. The summed E-state index contributed by atoms with van der Waals surface area (Å²) in [5, 5.41) is 11.3. The van der Waals surface area contributed by atoms with Crippen molar-refractivity contribution in [2.45, 2.75) is 25.7 Å². The van der Waals surface area contributed by atoms with Gasteiger partial charge >= 0.3 is 12.3 Å². The van der Waals surface area contributed by atoms with Crippen molar-refractivity contribution in [3.05, 3.63) is 29.8 Å². The number of nitrogens with one attached hydrogen (secondary N) is 1. The molecule has 0 aliphatic heterocycles. The van der Waals surface area contributed by atoms with E-state index in [9.17, 15) is 18.0 Å². The van der Waals surface area contributed by atoms with Crippen molar-refractivity contribution in [2.75, 3.05) is 6.54 Å². The molecule has 0 bridgehead atoms. The number of hydrogen-bond donors (Lipinski definition) is 2. The number of carboxylic acid groups (broad SMARTS) is 1. The molecule has 0 aromatic heterocycles. The number of carboxylic acids is 1. The van der Waals surface area contributed by atoms with Crippen LogP contribution in [0.2, 0.25) is 0 Å². The van der Waals surface area contributed by atoms with E-state index in [1.165, 1.54) is 18.2 Å². The average molecular weight is 277 g/mol. The van der Waals surface area contributed by atoms with E-state index in [0.717, 1.165) is 0 Å². The number of halogens is 3. The van der Waals surface area contributed by atoms with Crippen molar-refractivity contribution >= 4 is 5.97 Å². The topological polar surface area (TPSA) is 58.6 Å². The highest BCUT2D eigenvalue weighted by molar-refractivity contribution is 5.66. The summed E-state index contributed by atoms with van der Waals surface area (Å²) in [6, 6.07) is 5.82. The largest absolute Gasteiger partial charge is 0.573 e. The predicted molar refractivity (Wildman–Crippen MR) is 61.7 cm³/mol. The number of para-hydroxylation sites is 1. The van der Waals surface area contributed by atoms with E-state index in [1.807, 2.05) is 0 Å². The summed E-state index contributed by atoms with van der Waals surface area (Å²) in [5.74, 6) is -1.15. The van der Waals surface area contributed by atoms with Crippen molar-refractivity contribution in [3.63, 3.8) is 0 Å². The zero-order chi connectivity index (χ0) is 14.3. The van der Waals surface area contributed by atoms with Crippen LogP contribution in [-0.4, -0.2) is 24.0 Å². The van der Waals surface area contributed by atoms with E-state index in [4.69, 9.17) is 5.11 Å². The minimum Gasteiger partial charge on any atom is -0.481 e. The first-order chi connectivity index (χ1) is 8.88. The maximum Gasteiger partial charge on any atom is 0.573 e. The van der Waals surface area contributed by atoms with Gasteiger partial charge < -0.3 is 15.2 Å². The fraction of sp³-hybridized carbons (Fsp3) is 0.417. The maximum atomic E-state index is 12.1. The van der Waals surface area contributed by atoms with Gasteiger partial charge in [0.1, 0.15) is 5.75 Å². The van der Waals surface area contributed by atoms with Crippen molar-refractivity contribution in [1.29, 1.82) is 0 Å². The molecular formula is C12H14F3NO3. The third-order valence-corrected chi connectivity index (χ3v) is 2.26. The Morgan fingerprint density at radius 3 is 2.63 bits per heavy atom. The summed E-state index contributed by atoms with van der Waals surface area (Å²) in [7, 11) is 0. The van der Waals surface area contributed by atoms with Gasteiger partial charge in [-0.3, -0.25) is 4.79 Å². The highest BCUT2D eigenvalue weighted by atomic mass is 19.4. The summed E-state index contributed by atoms with van der Waals surface area (Å²) in [5.41, 5.74) is 0.371. The Kier molecular flexibility index (Phi) is 5.62. The first-order valence-electron chi connectivity index (χ1n) is 5.64. The second-order valence-corrected chi connectivity index (χ2v) is 3.83. The average Bonchev–Trinajstić information content (AvgIpc) is 2.28. The standard InChI is InChI=1S/C12H14F3NO3/c13-12(14,15)19-10-5-2-1-4-9(10)8-16-7-3-6-11(17)18/h1-2,4-5,16H,3,6-8H2,(H,17,18). The van der Waals surface area contributed by atoms with E-state index in [-0.39, 0.29) is 18.7 Å². The molecule has 1 aromatic carbocycles. The number of rotatable bonds is 7. The van der Waals surface area contributed by atoms with Gasteiger partial charge in [-0.25, -0.2) is 0 Å². The number of aliphatic carboxylic acids is 1. The lowest BCUT2D eigenvalue weighted by Gasteiger charge is -2.13. The number of benzene rings is 1. The van der Waals surface area contributed by atoms with Gasteiger partial charge in [0.25, 0.3) is 0 Å². The van der Waals surface area contributed by atoms with E-state index in [1.54, 1.807) is 6.07 Å². The molecule has 0 radical (unpaired) electrons. The molecule has 0 aliphatic rings. The van der Waals surface area contributed by atoms with Crippen molar-refractivity contribution < 1.29 is 27.8 Å². The molecular weight excluding hydrogens is 263 g/mol. The molecule has 7 heteroatoms. The van der Waals surface area contributed by atoms with Gasteiger partial charge in [0, 0.05) is 18.5 Å². The number of carbonyl (C=O) groups is 1. The second-order valence-electron chi connectivity index (χ2n) is 3.83. The summed E-state index contributed by atoms with van der Waals surface area (Å²) < 4.78 is 40.3. The van der Waals surface area contributed by atoms with Crippen molar-refractivity contribution in [2.24, 2.45) is 0 Å². The third-order valence-electron chi connectivity index (χ3n) is 2.26. The number of ether oxygens (including phenoxy) is 1. The van der Waals surface area contributed by atoms with Crippen LogP contribution in [0.15, 0.2) is 24.3 Å². The molecule has 0 unspecified atom stereocenters. The lowest BCUT2D eigenvalue weighted by atomic mass is 10.2. The van der Waals surface area contributed by atoms with Crippen molar-refractivity contribution in [3.8, 4) is 5.75 Å². The predicted octanol–water partition coefficient (Wildman–Crippen LogP) is 2.54. The van der Waals surface area contributed by atoms with Gasteiger partial charge in [-0.15, -0.1) is 13.2 Å². The van der Waals surface area contributed by atoms with Crippen molar-refractivity contribution in [1.82, 2.24) is 5.32 Å². The molecule has 0 atom stereocenters. The molecule has 0 saturated carbocycles. The summed E-state index contributed by atoms with van der Waals surface area (Å²) in [6.07, 6.45) is -4.29. The van der Waals surface area contributed by atoms with E-state index < -0.39 is 12.3 Å². The third kappa shape index (κ3) is 6.66. The lowest BCUT2D eigenvalue weighted by Crippen LogP contribution is -2.20. The van der Waals surface area contributed by atoms with Gasteiger partial charge in [-0.2, -0.15) is 0 Å². The van der Waals surface area contributed by atoms with Gasteiger partial charge in [0.2, 0.25) is 0 Å². The van der Waals surface area contributed by atoms with E-state index in [2.05, 4.69) is 10.1 Å². The molecule has 1 rings (SSSR count). The Morgan fingerprint density at radius 1 is 1.32 bits per heavy atom. The molecule has 0 amide bonds. The molecule has 19 heavy (non-hydrogen) atoms. The number of hydrogen-bond acceptors (Lipinski definition) is 3. The molecule has 2 N–H and O–H groups in total. The zero-order valence-electron chi connectivity index (χ0n) is 10.0. The van der Waals surface area contributed by atoms with Crippen LogP contribution in [0.3, 0.4) is 0 Å². The van der Waals surface area contributed by atoms with Crippen LogP contribution in [0.5, 0.6) is 5.75 Å². The second kappa shape index (κ2) is 6.98. The van der Waals surface area contributed by atoms with Crippen LogP contribution in [0.25, 0.3) is 0 Å². The quantitative estimate of drug-likeness (QED) is 0.752. The Balaban J connectivity index is 2.47. The Hall–Kier alpha value is -1.76. The Bertz CT molecular complexity index is 421. The van der Waals surface area contributed by atoms with E-state index in [0.29, 0.717) is 18.5 Å². The highest BCUT2D eigenvalue weighted by Gasteiger charge is 2.31. The molecule has 1 aromatic rings. The zero-order valence-corrected chi connectivity index (χ0v) is 10.0. The van der Waals surface area contributed by atoms with Gasteiger partial charge in [0.05, 0.1) is 0 Å². The minimum absolute atomic E-state index is 0.0215. The summed E-state index contributed by atoms with van der Waals surface area (Å²) in [4.78, 5) is 10.3. The van der Waals surface area contributed by atoms with Crippen LogP contribution >= 0.6 is 0 Å². The molecule has 0 saturated heterocycles. The Morgan fingerprint density at radius 2 is 2.00 bits per heavy atom. The molecule has 0 spiro atoms. The maximum absolute atomic E-state index is 12.1. The minimum atomic E-state index is -4.72. The van der Waals surface area contributed by atoms with Crippen LogP contribution in [0, 0.1) is 0 Å². The van der Waals surface area contributed by atoms with Crippen LogP contribution in [0.1, 0.15) is 18.4 Å². The first-order valence-corrected chi connectivity index (χ1v) is 5.64. The monoisotopic (exact) mass is 277 g/mol. The fourth-order valence-corrected chi connectivity index (χ4v) is 1.46. The Labute approximate surface area is 108 Å². The normalized spacial score (nSPS) is 11.3. The molecule has 0 heterocycles. The van der Waals surface area contributed by atoms with Gasteiger partial charge in [-0.05, 0) is 19.0 Å². The van der Waals surface area contributed by atoms with Crippen LogP contribution in [0.4, 0.5) is 13.2 Å². The smallest absolute Gasteiger partial charge is 0.481 e.